The first-order valence-electron chi connectivity index (χ1n) is 4.53. The highest BCUT2D eigenvalue weighted by atomic mass is 35.5. The number of carbonyl (C=O) groups excluding carboxylic acids is 1. The molecule has 0 N–H and O–H groups in total. The van der Waals surface area contributed by atoms with E-state index in [1.54, 1.807) is 12.1 Å². The van der Waals surface area contributed by atoms with E-state index in [1.807, 2.05) is 13.0 Å². The molecule has 0 aliphatic carbocycles. The summed E-state index contributed by atoms with van der Waals surface area (Å²) in [4.78, 5) is 19.4. The summed E-state index contributed by atoms with van der Waals surface area (Å²) in [7, 11) is 0. The summed E-state index contributed by atoms with van der Waals surface area (Å²) in [5.74, 6) is 0.0993. The highest BCUT2D eigenvalue weighted by molar-refractivity contribution is 6.35. The number of halogens is 1. The molecule has 2 aromatic rings. The Kier molecular flexibility index (Phi) is 2.40. The van der Waals surface area contributed by atoms with Crippen LogP contribution >= 0.6 is 11.6 Å². The SMILES string of the molecule is CC(=O)c1nc(C)c2c(Cl)cccc2n1. The van der Waals surface area contributed by atoms with Gasteiger partial charge in [-0.05, 0) is 19.1 Å². The molecule has 0 bridgehead atoms. The number of hydrogen-bond donors (Lipinski definition) is 0. The Balaban J connectivity index is 2.84. The molecule has 0 aliphatic rings. The van der Waals surface area contributed by atoms with Crippen molar-refractivity contribution < 1.29 is 4.79 Å². The molecule has 0 radical (unpaired) electrons. The zero-order valence-corrected chi connectivity index (χ0v) is 9.17. The molecule has 4 heteroatoms. The molecule has 1 aromatic carbocycles. The van der Waals surface area contributed by atoms with Gasteiger partial charge in [0.25, 0.3) is 0 Å². The Morgan fingerprint density at radius 2 is 2.07 bits per heavy atom. The van der Waals surface area contributed by atoms with Crippen molar-refractivity contribution in [2.24, 2.45) is 0 Å². The van der Waals surface area contributed by atoms with E-state index < -0.39 is 0 Å². The predicted octanol–water partition coefficient (Wildman–Crippen LogP) is 2.79. The summed E-state index contributed by atoms with van der Waals surface area (Å²) in [6.07, 6.45) is 0. The maximum atomic E-state index is 11.2. The monoisotopic (exact) mass is 220 g/mol. The highest BCUT2D eigenvalue weighted by Gasteiger charge is 2.09. The number of rotatable bonds is 1. The van der Waals surface area contributed by atoms with E-state index in [9.17, 15) is 4.79 Å². The first-order chi connectivity index (χ1) is 7.09. The second-order valence-electron chi connectivity index (χ2n) is 3.32. The molecule has 0 spiro atoms. The molecule has 2 rings (SSSR count). The van der Waals surface area contributed by atoms with Gasteiger partial charge in [-0.2, -0.15) is 0 Å². The topological polar surface area (TPSA) is 42.9 Å². The zero-order chi connectivity index (χ0) is 11.0. The second kappa shape index (κ2) is 3.59. The molecular formula is C11H9ClN2O. The predicted molar refractivity (Wildman–Crippen MR) is 59.3 cm³/mol. The lowest BCUT2D eigenvalue weighted by Gasteiger charge is -2.04. The van der Waals surface area contributed by atoms with Crippen LogP contribution in [0.2, 0.25) is 5.02 Å². The van der Waals surface area contributed by atoms with Gasteiger partial charge in [0.1, 0.15) is 0 Å². The quantitative estimate of drug-likeness (QED) is 0.694. The lowest BCUT2D eigenvalue weighted by Crippen LogP contribution is -2.03. The first kappa shape index (κ1) is 10.1. The number of ketones is 1. The van der Waals surface area contributed by atoms with Crippen molar-refractivity contribution >= 4 is 28.3 Å². The van der Waals surface area contributed by atoms with Gasteiger partial charge >= 0.3 is 0 Å². The lowest BCUT2D eigenvalue weighted by atomic mass is 10.2. The van der Waals surface area contributed by atoms with Crippen molar-refractivity contribution in [2.45, 2.75) is 13.8 Å². The first-order valence-corrected chi connectivity index (χ1v) is 4.91. The van der Waals surface area contributed by atoms with Crippen LogP contribution in [-0.4, -0.2) is 15.8 Å². The van der Waals surface area contributed by atoms with Gasteiger partial charge in [0.2, 0.25) is 0 Å². The average molecular weight is 221 g/mol. The molecular weight excluding hydrogens is 212 g/mol. The molecule has 0 fully saturated rings. The number of aromatic nitrogens is 2. The number of carbonyl (C=O) groups is 1. The largest absolute Gasteiger partial charge is 0.291 e. The summed E-state index contributed by atoms with van der Waals surface area (Å²) in [6, 6.07) is 5.41. The fourth-order valence-electron chi connectivity index (χ4n) is 1.48. The average Bonchev–Trinajstić information content (AvgIpc) is 2.17. The number of fused-ring (bicyclic) bond motifs is 1. The zero-order valence-electron chi connectivity index (χ0n) is 8.41. The Bertz CT molecular complexity index is 552. The third-order valence-electron chi connectivity index (χ3n) is 2.17. The molecule has 0 aliphatic heterocycles. The van der Waals surface area contributed by atoms with Crippen LogP contribution in [0.25, 0.3) is 10.9 Å². The summed E-state index contributed by atoms with van der Waals surface area (Å²) in [6.45, 7) is 3.27. The highest BCUT2D eigenvalue weighted by Crippen LogP contribution is 2.24. The van der Waals surface area contributed by atoms with Crippen LogP contribution in [0.5, 0.6) is 0 Å². The molecule has 0 saturated carbocycles. The summed E-state index contributed by atoms with van der Waals surface area (Å²) in [5, 5.41) is 1.42. The van der Waals surface area contributed by atoms with Crippen LogP contribution in [0.4, 0.5) is 0 Å². The number of benzene rings is 1. The number of aryl methyl sites for hydroxylation is 1. The molecule has 3 nitrogen and oxygen atoms in total. The third kappa shape index (κ3) is 1.70. The Morgan fingerprint density at radius 1 is 1.33 bits per heavy atom. The van der Waals surface area contributed by atoms with Crippen molar-refractivity contribution in [2.75, 3.05) is 0 Å². The van der Waals surface area contributed by atoms with E-state index in [4.69, 9.17) is 11.6 Å². The van der Waals surface area contributed by atoms with E-state index >= 15 is 0 Å². The number of nitrogens with zero attached hydrogens (tertiary/aromatic N) is 2. The number of Topliss-reactive ketones (excluding diaryl/α,β-unsaturated/α-hetero) is 1. The minimum atomic E-state index is -0.139. The van der Waals surface area contributed by atoms with Crippen LogP contribution in [0.15, 0.2) is 18.2 Å². The van der Waals surface area contributed by atoms with Crippen LogP contribution in [0.3, 0.4) is 0 Å². The summed E-state index contributed by atoms with van der Waals surface area (Å²) in [5.41, 5.74) is 1.44. The minimum Gasteiger partial charge on any atom is -0.291 e. The van der Waals surface area contributed by atoms with Crippen molar-refractivity contribution in [3.63, 3.8) is 0 Å². The van der Waals surface area contributed by atoms with Crippen molar-refractivity contribution in [1.82, 2.24) is 9.97 Å². The van der Waals surface area contributed by atoms with Crippen LogP contribution in [0.1, 0.15) is 23.2 Å². The second-order valence-corrected chi connectivity index (χ2v) is 3.73. The van der Waals surface area contributed by atoms with Crippen molar-refractivity contribution in [3.05, 3.63) is 34.7 Å². The molecule has 15 heavy (non-hydrogen) atoms. The lowest BCUT2D eigenvalue weighted by molar-refractivity contribution is 0.100. The molecule has 1 heterocycles. The van der Waals surface area contributed by atoms with E-state index in [2.05, 4.69) is 9.97 Å². The van der Waals surface area contributed by atoms with Gasteiger partial charge < -0.3 is 0 Å². The van der Waals surface area contributed by atoms with Gasteiger partial charge in [0.05, 0.1) is 16.2 Å². The normalized spacial score (nSPS) is 10.6. The molecule has 76 valence electrons. The van der Waals surface area contributed by atoms with Gasteiger partial charge in [-0.1, -0.05) is 17.7 Å². The Labute approximate surface area is 92.1 Å². The fourth-order valence-corrected chi connectivity index (χ4v) is 1.78. The maximum absolute atomic E-state index is 11.2. The standard InChI is InChI=1S/C11H9ClN2O/c1-6-10-8(12)4-3-5-9(10)14-11(13-6)7(2)15/h3-5H,1-2H3. The Morgan fingerprint density at radius 3 is 2.73 bits per heavy atom. The molecule has 0 atom stereocenters. The van der Waals surface area contributed by atoms with Crippen LogP contribution in [-0.2, 0) is 0 Å². The Hall–Kier alpha value is -1.48. The minimum absolute atomic E-state index is 0.139. The fraction of sp³-hybridized carbons (Fsp3) is 0.182. The third-order valence-corrected chi connectivity index (χ3v) is 2.48. The van der Waals surface area contributed by atoms with Crippen molar-refractivity contribution in [3.8, 4) is 0 Å². The van der Waals surface area contributed by atoms with Gasteiger partial charge in [-0.15, -0.1) is 0 Å². The number of hydrogen-bond acceptors (Lipinski definition) is 3. The maximum Gasteiger partial charge on any atom is 0.196 e. The van der Waals surface area contributed by atoms with Gasteiger partial charge in [0.15, 0.2) is 11.6 Å². The molecule has 0 saturated heterocycles. The molecule has 1 aromatic heterocycles. The van der Waals surface area contributed by atoms with Crippen molar-refractivity contribution in [1.29, 1.82) is 0 Å². The van der Waals surface area contributed by atoms with E-state index in [0.29, 0.717) is 10.5 Å². The van der Waals surface area contributed by atoms with Gasteiger partial charge in [-0.3, -0.25) is 4.79 Å². The smallest absolute Gasteiger partial charge is 0.196 e. The van der Waals surface area contributed by atoms with E-state index in [-0.39, 0.29) is 11.6 Å². The molecule has 0 unspecified atom stereocenters. The van der Waals surface area contributed by atoms with Gasteiger partial charge in [-0.25, -0.2) is 9.97 Å². The summed E-state index contributed by atoms with van der Waals surface area (Å²) >= 11 is 6.03. The van der Waals surface area contributed by atoms with E-state index in [1.165, 1.54) is 6.92 Å². The molecule has 0 amide bonds. The van der Waals surface area contributed by atoms with Crippen LogP contribution in [0, 0.1) is 6.92 Å². The van der Waals surface area contributed by atoms with Crippen LogP contribution < -0.4 is 0 Å². The van der Waals surface area contributed by atoms with Gasteiger partial charge in [0, 0.05) is 12.3 Å². The summed E-state index contributed by atoms with van der Waals surface area (Å²) < 4.78 is 0. The van der Waals surface area contributed by atoms with E-state index in [0.717, 1.165) is 11.1 Å².